The van der Waals surface area contributed by atoms with Crippen molar-refractivity contribution in [2.45, 2.75) is 0 Å². The van der Waals surface area contributed by atoms with Crippen molar-refractivity contribution in [1.29, 1.82) is 0 Å². The Morgan fingerprint density at radius 3 is 1.48 bits per heavy atom. The zero-order valence-electron chi connectivity index (χ0n) is 18.0. The standard InChI is InChI=1S/C30H21N3/c1-5-13-22(14-6-1)28-26-21-33(25-19-11-4-12-20-25)30(24-17-9-3-10-18-24)27(26)29(32-31-28)23-15-7-2-8-16-23/h1-21H. The molecule has 0 N–H and O–H groups in total. The van der Waals surface area contributed by atoms with Gasteiger partial charge in [0.05, 0.1) is 5.69 Å². The van der Waals surface area contributed by atoms with Gasteiger partial charge in [0, 0.05) is 33.8 Å². The van der Waals surface area contributed by atoms with Gasteiger partial charge in [-0.3, -0.25) is 0 Å². The van der Waals surface area contributed by atoms with E-state index in [9.17, 15) is 0 Å². The number of nitrogens with zero attached hydrogens (tertiary/aromatic N) is 3. The highest BCUT2D eigenvalue weighted by Gasteiger charge is 2.22. The Morgan fingerprint density at radius 2 is 0.909 bits per heavy atom. The van der Waals surface area contributed by atoms with Gasteiger partial charge in [-0.05, 0) is 17.7 Å². The van der Waals surface area contributed by atoms with Crippen LogP contribution in [0.15, 0.2) is 128 Å². The van der Waals surface area contributed by atoms with E-state index < -0.39 is 0 Å². The molecule has 0 aliphatic rings. The van der Waals surface area contributed by atoms with E-state index in [0.717, 1.165) is 50.2 Å². The van der Waals surface area contributed by atoms with Gasteiger partial charge in [0.25, 0.3) is 0 Å². The number of benzene rings is 4. The third-order valence-corrected chi connectivity index (χ3v) is 5.92. The minimum Gasteiger partial charge on any atom is -0.315 e. The molecule has 0 aliphatic heterocycles. The third kappa shape index (κ3) is 3.40. The maximum absolute atomic E-state index is 4.78. The van der Waals surface area contributed by atoms with Gasteiger partial charge in [0.15, 0.2) is 0 Å². The summed E-state index contributed by atoms with van der Waals surface area (Å²) in [5, 5.41) is 11.7. The Kier molecular flexibility index (Phi) is 4.78. The Labute approximate surface area is 192 Å². The first-order chi connectivity index (χ1) is 16.4. The van der Waals surface area contributed by atoms with Crippen LogP contribution in [0.2, 0.25) is 0 Å². The van der Waals surface area contributed by atoms with Crippen molar-refractivity contribution in [2.24, 2.45) is 0 Å². The molecule has 0 saturated carbocycles. The minimum absolute atomic E-state index is 0.886. The van der Waals surface area contributed by atoms with E-state index in [2.05, 4.69) is 89.6 Å². The van der Waals surface area contributed by atoms with Gasteiger partial charge in [-0.15, -0.1) is 10.2 Å². The second kappa shape index (κ2) is 8.21. The van der Waals surface area contributed by atoms with E-state index in [-0.39, 0.29) is 0 Å². The van der Waals surface area contributed by atoms with Crippen LogP contribution in [0.3, 0.4) is 0 Å². The summed E-state index contributed by atoms with van der Waals surface area (Å²) in [6, 6.07) is 41.6. The van der Waals surface area contributed by atoms with Crippen LogP contribution in [0.25, 0.3) is 50.2 Å². The Morgan fingerprint density at radius 1 is 0.455 bits per heavy atom. The van der Waals surface area contributed by atoms with Gasteiger partial charge in [0.1, 0.15) is 11.4 Å². The molecular weight excluding hydrogens is 402 g/mol. The maximum atomic E-state index is 4.78. The lowest BCUT2D eigenvalue weighted by atomic mass is 9.99. The summed E-state index contributed by atoms with van der Waals surface area (Å²) in [5.41, 5.74) is 7.24. The van der Waals surface area contributed by atoms with Crippen LogP contribution in [0.1, 0.15) is 0 Å². The first-order valence-corrected chi connectivity index (χ1v) is 11.0. The average molecular weight is 424 g/mol. The molecule has 0 bridgehead atoms. The van der Waals surface area contributed by atoms with Crippen LogP contribution in [-0.4, -0.2) is 14.8 Å². The maximum Gasteiger partial charge on any atom is 0.103 e. The van der Waals surface area contributed by atoms with Crippen LogP contribution in [0.4, 0.5) is 0 Å². The molecule has 4 aromatic carbocycles. The van der Waals surface area contributed by atoms with E-state index in [1.807, 2.05) is 42.5 Å². The van der Waals surface area contributed by atoms with Crippen LogP contribution in [-0.2, 0) is 0 Å². The summed E-state index contributed by atoms with van der Waals surface area (Å²) < 4.78 is 2.27. The number of aromatic nitrogens is 3. The summed E-state index contributed by atoms with van der Waals surface area (Å²) in [4.78, 5) is 0. The number of para-hydroxylation sites is 1. The first-order valence-electron chi connectivity index (χ1n) is 11.0. The van der Waals surface area contributed by atoms with Crippen LogP contribution in [0.5, 0.6) is 0 Å². The Hall–Kier alpha value is -4.50. The third-order valence-electron chi connectivity index (χ3n) is 5.92. The molecule has 0 fully saturated rings. The monoisotopic (exact) mass is 423 g/mol. The Bertz CT molecular complexity index is 1520. The van der Waals surface area contributed by atoms with Crippen molar-refractivity contribution in [3.63, 3.8) is 0 Å². The van der Waals surface area contributed by atoms with Gasteiger partial charge in [-0.2, -0.15) is 0 Å². The highest BCUT2D eigenvalue weighted by molar-refractivity contribution is 6.09. The lowest BCUT2D eigenvalue weighted by Gasteiger charge is -2.12. The molecule has 0 atom stereocenters. The van der Waals surface area contributed by atoms with Crippen molar-refractivity contribution in [1.82, 2.24) is 14.8 Å². The van der Waals surface area contributed by atoms with E-state index >= 15 is 0 Å². The highest BCUT2D eigenvalue weighted by atomic mass is 15.1. The molecule has 33 heavy (non-hydrogen) atoms. The summed E-state index contributed by atoms with van der Waals surface area (Å²) in [7, 11) is 0. The molecule has 0 unspecified atom stereocenters. The zero-order valence-corrected chi connectivity index (χ0v) is 18.0. The molecule has 0 spiro atoms. The molecule has 0 amide bonds. The smallest absolute Gasteiger partial charge is 0.103 e. The lowest BCUT2D eigenvalue weighted by Crippen LogP contribution is -1.96. The van der Waals surface area contributed by atoms with Crippen LogP contribution < -0.4 is 0 Å². The predicted molar refractivity (Wildman–Crippen MR) is 135 cm³/mol. The van der Waals surface area contributed by atoms with E-state index in [1.165, 1.54) is 0 Å². The van der Waals surface area contributed by atoms with Crippen LogP contribution >= 0.6 is 0 Å². The summed E-state index contributed by atoms with van der Waals surface area (Å²) in [6.45, 7) is 0. The first kappa shape index (κ1) is 19.2. The number of rotatable bonds is 4. The molecule has 6 rings (SSSR count). The summed E-state index contributed by atoms with van der Waals surface area (Å²) in [5.74, 6) is 0. The van der Waals surface area contributed by atoms with Crippen molar-refractivity contribution < 1.29 is 0 Å². The minimum atomic E-state index is 0.886. The second-order valence-electron chi connectivity index (χ2n) is 7.97. The fraction of sp³-hybridized carbons (Fsp3) is 0. The average Bonchev–Trinajstić information content (AvgIpc) is 3.31. The molecular formula is C30H21N3. The molecule has 0 aliphatic carbocycles. The normalized spacial score (nSPS) is 11.0. The lowest BCUT2D eigenvalue weighted by molar-refractivity contribution is 1.06. The second-order valence-corrected chi connectivity index (χ2v) is 7.97. The van der Waals surface area contributed by atoms with Crippen molar-refractivity contribution in [3.8, 4) is 39.5 Å². The molecule has 6 aromatic rings. The van der Waals surface area contributed by atoms with Gasteiger partial charge >= 0.3 is 0 Å². The van der Waals surface area contributed by atoms with Crippen LogP contribution in [0, 0.1) is 0 Å². The van der Waals surface area contributed by atoms with Gasteiger partial charge in [-0.25, -0.2) is 0 Å². The summed E-state index contributed by atoms with van der Waals surface area (Å²) >= 11 is 0. The zero-order chi connectivity index (χ0) is 22.0. The molecule has 156 valence electrons. The van der Waals surface area contributed by atoms with E-state index in [0.29, 0.717) is 0 Å². The quantitative estimate of drug-likeness (QED) is 0.295. The van der Waals surface area contributed by atoms with Crippen molar-refractivity contribution in [2.75, 3.05) is 0 Å². The van der Waals surface area contributed by atoms with Gasteiger partial charge < -0.3 is 4.57 Å². The molecule has 2 aromatic heterocycles. The SMILES string of the molecule is c1ccc(-c2nnc(-c3ccccc3)c3c(-c4ccccc4)n(-c4ccccc4)cc23)cc1. The molecule has 0 saturated heterocycles. The fourth-order valence-corrected chi connectivity index (χ4v) is 4.41. The van der Waals surface area contributed by atoms with Crippen molar-refractivity contribution in [3.05, 3.63) is 128 Å². The predicted octanol–water partition coefficient (Wildman–Crippen LogP) is 7.42. The molecule has 3 heteroatoms. The number of hydrogen-bond acceptors (Lipinski definition) is 2. The van der Waals surface area contributed by atoms with Crippen molar-refractivity contribution >= 4 is 10.8 Å². The number of hydrogen-bond donors (Lipinski definition) is 0. The topological polar surface area (TPSA) is 30.7 Å². The number of fused-ring (bicyclic) bond motifs is 1. The largest absolute Gasteiger partial charge is 0.315 e. The van der Waals surface area contributed by atoms with Gasteiger partial charge in [0.2, 0.25) is 0 Å². The Balaban J connectivity index is 1.78. The molecule has 3 nitrogen and oxygen atoms in total. The molecule has 0 radical (unpaired) electrons. The summed E-state index contributed by atoms with van der Waals surface area (Å²) in [6.07, 6.45) is 2.20. The van der Waals surface area contributed by atoms with E-state index in [4.69, 9.17) is 10.2 Å². The fourth-order valence-electron chi connectivity index (χ4n) is 4.41. The van der Waals surface area contributed by atoms with E-state index in [1.54, 1.807) is 0 Å². The molecule has 2 heterocycles. The highest BCUT2D eigenvalue weighted by Crippen LogP contribution is 2.41. The van der Waals surface area contributed by atoms with Gasteiger partial charge in [-0.1, -0.05) is 109 Å².